The van der Waals surface area contributed by atoms with Crippen molar-refractivity contribution < 1.29 is 8.78 Å². The van der Waals surface area contributed by atoms with Crippen LogP contribution in [0.15, 0.2) is 6.07 Å². The van der Waals surface area contributed by atoms with Crippen LogP contribution in [0.1, 0.15) is 36.7 Å². The summed E-state index contributed by atoms with van der Waals surface area (Å²) in [6, 6.07) is 1.28. The summed E-state index contributed by atoms with van der Waals surface area (Å²) in [6.07, 6.45) is -0.724. The average molecular weight is 187 g/mol. The summed E-state index contributed by atoms with van der Waals surface area (Å²) in [4.78, 5) is 0. The number of rotatable bonds is 1. The Morgan fingerprint density at radius 3 is 3.00 bits per heavy atom. The molecule has 0 saturated carbocycles. The molecule has 2 N–H and O–H groups in total. The van der Waals surface area contributed by atoms with Crippen molar-refractivity contribution >= 4 is 0 Å². The molecule has 1 aromatic heterocycles. The molecule has 0 spiro atoms. The van der Waals surface area contributed by atoms with E-state index in [1.807, 2.05) is 0 Å². The maximum Gasteiger partial charge on any atom is 0.282 e. The van der Waals surface area contributed by atoms with Crippen LogP contribution >= 0.6 is 0 Å². The van der Waals surface area contributed by atoms with E-state index in [1.165, 1.54) is 6.07 Å². The first-order valence-electron chi connectivity index (χ1n) is 4.30. The van der Waals surface area contributed by atoms with Crippen molar-refractivity contribution in [2.75, 3.05) is 0 Å². The Morgan fingerprint density at radius 1 is 1.62 bits per heavy atom. The summed E-state index contributed by atoms with van der Waals surface area (Å²) in [5, 5.41) is 3.79. The van der Waals surface area contributed by atoms with Gasteiger partial charge in [0.05, 0.1) is 5.69 Å². The monoisotopic (exact) mass is 187 g/mol. The number of fused-ring (bicyclic) bond motifs is 1. The zero-order valence-electron chi connectivity index (χ0n) is 7.08. The number of nitrogens with zero attached hydrogens (tertiary/aromatic N) is 2. The van der Waals surface area contributed by atoms with E-state index in [4.69, 9.17) is 5.73 Å². The van der Waals surface area contributed by atoms with Gasteiger partial charge in [-0.05, 0) is 18.9 Å². The van der Waals surface area contributed by atoms with Crippen molar-refractivity contribution in [1.29, 1.82) is 0 Å². The minimum absolute atomic E-state index is 0.131. The van der Waals surface area contributed by atoms with Crippen molar-refractivity contribution in [2.45, 2.75) is 31.9 Å². The predicted octanol–water partition coefficient (Wildman–Crippen LogP) is 1.61. The Bertz CT molecular complexity index is 308. The Labute approximate surface area is 74.5 Å². The van der Waals surface area contributed by atoms with Gasteiger partial charge in [-0.3, -0.25) is 4.68 Å². The van der Waals surface area contributed by atoms with E-state index in [9.17, 15) is 8.78 Å². The smallest absolute Gasteiger partial charge is 0.282 e. The maximum atomic E-state index is 12.3. The van der Waals surface area contributed by atoms with E-state index in [0.29, 0.717) is 6.54 Å². The molecule has 1 aliphatic rings. The molecular weight excluding hydrogens is 176 g/mol. The predicted molar refractivity (Wildman–Crippen MR) is 43.3 cm³/mol. The van der Waals surface area contributed by atoms with Crippen LogP contribution in [0.5, 0.6) is 0 Å². The molecule has 72 valence electrons. The van der Waals surface area contributed by atoms with Gasteiger partial charge in [0.25, 0.3) is 6.43 Å². The number of hydrogen-bond acceptors (Lipinski definition) is 2. The number of nitrogens with two attached hydrogens (primary N) is 1. The maximum absolute atomic E-state index is 12.3. The third kappa shape index (κ3) is 1.44. The topological polar surface area (TPSA) is 43.8 Å². The van der Waals surface area contributed by atoms with E-state index >= 15 is 0 Å². The van der Waals surface area contributed by atoms with Crippen LogP contribution < -0.4 is 5.73 Å². The Morgan fingerprint density at radius 2 is 2.38 bits per heavy atom. The highest BCUT2D eigenvalue weighted by Gasteiger charge is 2.22. The SMILES string of the molecule is N[C@@H]1CCCn2nc(C(F)F)cc21. The number of halogens is 2. The van der Waals surface area contributed by atoms with Crippen molar-refractivity contribution in [3.63, 3.8) is 0 Å². The van der Waals surface area contributed by atoms with Crippen molar-refractivity contribution in [1.82, 2.24) is 9.78 Å². The molecule has 0 radical (unpaired) electrons. The summed E-state index contributed by atoms with van der Waals surface area (Å²) >= 11 is 0. The lowest BCUT2D eigenvalue weighted by Crippen LogP contribution is -2.21. The highest BCUT2D eigenvalue weighted by atomic mass is 19.3. The fourth-order valence-corrected chi connectivity index (χ4v) is 1.65. The second-order valence-corrected chi connectivity index (χ2v) is 3.27. The average Bonchev–Trinajstić information content (AvgIpc) is 2.49. The Balaban J connectivity index is 2.36. The molecule has 0 fully saturated rings. The molecule has 1 aliphatic heterocycles. The number of aromatic nitrogens is 2. The highest BCUT2D eigenvalue weighted by molar-refractivity contribution is 5.16. The Kier molecular flexibility index (Phi) is 2.03. The second kappa shape index (κ2) is 3.06. The Hall–Kier alpha value is -0.970. The molecule has 5 heteroatoms. The molecule has 0 saturated heterocycles. The summed E-state index contributed by atoms with van der Waals surface area (Å²) < 4.78 is 26.1. The second-order valence-electron chi connectivity index (χ2n) is 3.27. The number of alkyl halides is 2. The third-order valence-corrected chi connectivity index (χ3v) is 2.32. The zero-order valence-corrected chi connectivity index (χ0v) is 7.08. The molecule has 0 unspecified atom stereocenters. The summed E-state index contributed by atoms with van der Waals surface area (Å²) in [5.41, 5.74) is 6.33. The van der Waals surface area contributed by atoms with Gasteiger partial charge in [0.15, 0.2) is 0 Å². The van der Waals surface area contributed by atoms with Gasteiger partial charge >= 0.3 is 0 Å². The molecule has 13 heavy (non-hydrogen) atoms. The molecule has 0 aliphatic carbocycles. The summed E-state index contributed by atoms with van der Waals surface area (Å²) in [6.45, 7) is 0.704. The van der Waals surface area contributed by atoms with Crippen LogP contribution in [0.3, 0.4) is 0 Å². The van der Waals surface area contributed by atoms with E-state index < -0.39 is 6.43 Å². The lowest BCUT2D eigenvalue weighted by molar-refractivity contribution is 0.145. The van der Waals surface area contributed by atoms with Gasteiger partial charge in [0.1, 0.15) is 5.69 Å². The molecule has 1 atom stereocenters. The van der Waals surface area contributed by atoms with Crippen LogP contribution in [-0.2, 0) is 6.54 Å². The lowest BCUT2D eigenvalue weighted by atomic mass is 10.1. The van der Waals surface area contributed by atoms with Gasteiger partial charge in [-0.1, -0.05) is 0 Å². The van der Waals surface area contributed by atoms with E-state index in [-0.39, 0.29) is 11.7 Å². The van der Waals surface area contributed by atoms with Crippen molar-refractivity contribution in [2.24, 2.45) is 5.73 Å². The van der Waals surface area contributed by atoms with Crippen molar-refractivity contribution in [3.05, 3.63) is 17.5 Å². The lowest BCUT2D eigenvalue weighted by Gasteiger charge is -2.19. The van der Waals surface area contributed by atoms with Crippen molar-refractivity contribution in [3.8, 4) is 0 Å². The normalized spacial score (nSPS) is 22.0. The molecule has 2 heterocycles. The molecular formula is C8H11F2N3. The largest absolute Gasteiger partial charge is 0.323 e. The summed E-state index contributed by atoms with van der Waals surface area (Å²) in [7, 11) is 0. The standard InChI is InChI=1S/C8H11F2N3/c9-8(10)6-4-7-5(11)2-1-3-13(7)12-6/h4-5,8H,1-3,11H2/t5-/m1/s1. The van der Waals surface area contributed by atoms with Gasteiger partial charge in [-0.15, -0.1) is 0 Å². The first-order valence-corrected chi connectivity index (χ1v) is 4.30. The number of aryl methyl sites for hydroxylation is 1. The van der Waals surface area contributed by atoms with Gasteiger partial charge in [0.2, 0.25) is 0 Å². The third-order valence-electron chi connectivity index (χ3n) is 2.32. The molecule has 1 aromatic rings. The molecule has 0 bridgehead atoms. The van der Waals surface area contributed by atoms with Crippen LogP contribution in [-0.4, -0.2) is 9.78 Å². The molecule has 3 nitrogen and oxygen atoms in total. The molecule has 2 rings (SSSR count). The van der Waals surface area contributed by atoms with Crippen LogP contribution in [0.2, 0.25) is 0 Å². The van der Waals surface area contributed by atoms with E-state index in [2.05, 4.69) is 5.10 Å². The first-order chi connectivity index (χ1) is 6.18. The van der Waals surface area contributed by atoms with Crippen LogP contribution in [0, 0.1) is 0 Å². The van der Waals surface area contributed by atoms with Crippen LogP contribution in [0.25, 0.3) is 0 Å². The minimum Gasteiger partial charge on any atom is -0.323 e. The van der Waals surface area contributed by atoms with Gasteiger partial charge in [-0.2, -0.15) is 5.10 Å². The molecule has 0 aromatic carbocycles. The fraction of sp³-hybridized carbons (Fsp3) is 0.625. The highest BCUT2D eigenvalue weighted by Crippen LogP contribution is 2.26. The van der Waals surface area contributed by atoms with Gasteiger partial charge in [-0.25, -0.2) is 8.78 Å². The van der Waals surface area contributed by atoms with Gasteiger partial charge in [0, 0.05) is 12.6 Å². The number of hydrogen-bond donors (Lipinski definition) is 1. The summed E-state index contributed by atoms with van der Waals surface area (Å²) in [5.74, 6) is 0. The first kappa shape index (κ1) is 8.62. The minimum atomic E-state index is -2.50. The fourth-order valence-electron chi connectivity index (χ4n) is 1.65. The molecule has 0 amide bonds. The van der Waals surface area contributed by atoms with E-state index in [1.54, 1.807) is 4.68 Å². The van der Waals surface area contributed by atoms with Crippen LogP contribution in [0.4, 0.5) is 8.78 Å². The van der Waals surface area contributed by atoms with E-state index in [0.717, 1.165) is 18.5 Å². The quantitative estimate of drug-likeness (QED) is 0.725. The zero-order chi connectivity index (χ0) is 9.42. The van der Waals surface area contributed by atoms with Gasteiger partial charge < -0.3 is 5.73 Å².